The lowest BCUT2D eigenvalue weighted by atomic mass is 10.2. The van der Waals surface area contributed by atoms with E-state index in [0.29, 0.717) is 0 Å². The fourth-order valence-corrected chi connectivity index (χ4v) is 1.18. The molecule has 2 heteroatoms. The van der Waals surface area contributed by atoms with Crippen LogP contribution in [0.3, 0.4) is 0 Å². The van der Waals surface area contributed by atoms with Crippen LogP contribution in [0.2, 0.25) is 0 Å². The predicted octanol–water partition coefficient (Wildman–Crippen LogP) is 0.987. The van der Waals surface area contributed by atoms with Gasteiger partial charge in [-0.1, -0.05) is 17.7 Å². The first-order valence-electron chi connectivity index (χ1n) is 4.39. The van der Waals surface area contributed by atoms with Gasteiger partial charge in [0.05, 0.1) is 0 Å². The Hall–Kier alpha value is -0.0831. The third kappa shape index (κ3) is 5.22. The molecular formula is C9H21NSi. The Morgan fingerprint density at radius 1 is 1.36 bits per heavy atom. The molecule has 0 amide bonds. The Balaban J connectivity index is 3.75. The molecule has 66 valence electrons. The Bertz CT molecular complexity index is 136. The van der Waals surface area contributed by atoms with Crippen LogP contribution in [-0.2, 0) is 0 Å². The van der Waals surface area contributed by atoms with Crippen molar-refractivity contribution in [3.8, 4) is 0 Å². The van der Waals surface area contributed by atoms with Crippen LogP contribution in [-0.4, -0.2) is 35.3 Å². The molecule has 0 spiro atoms. The molecule has 0 fully saturated rings. The van der Waals surface area contributed by atoms with Crippen molar-refractivity contribution >= 4 is 10.2 Å². The van der Waals surface area contributed by atoms with Gasteiger partial charge in [0, 0.05) is 16.8 Å². The first-order valence-corrected chi connectivity index (χ1v) is 5.39. The zero-order chi connectivity index (χ0) is 8.85. The monoisotopic (exact) mass is 171 g/mol. The van der Waals surface area contributed by atoms with Gasteiger partial charge in [-0.25, -0.2) is 0 Å². The normalized spacial score (nSPS) is 13.9. The van der Waals surface area contributed by atoms with E-state index >= 15 is 0 Å². The molecule has 0 heterocycles. The van der Waals surface area contributed by atoms with Crippen LogP contribution in [0.1, 0.15) is 27.2 Å². The van der Waals surface area contributed by atoms with E-state index in [-0.39, 0.29) is 0 Å². The number of nitrogens with zero attached hydrogens (tertiary/aromatic N) is 1. The second-order valence-electron chi connectivity index (χ2n) is 3.52. The Labute approximate surface area is 73.9 Å². The van der Waals surface area contributed by atoms with Crippen LogP contribution in [0.25, 0.3) is 0 Å². The number of allylic oxidation sites excluding steroid dienone is 1. The smallest absolute Gasteiger partial charge is 0.0329 e. The third-order valence-electron chi connectivity index (χ3n) is 1.97. The van der Waals surface area contributed by atoms with Crippen LogP contribution in [0, 0.1) is 0 Å². The molecule has 0 aliphatic rings. The van der Waals surface area contributed by atoms with Gasteiger partial charge in [-0.2, -0.15) is 0 Å². The molecule has 0 aromatic carbocycles. The minimum Gasteiger partial charge on any atom is -0.302 e. The highest BCUT2D eigenvalue weighted by atomic mass is 28.1. The average molecular weight is 171 g/mol. The highest BCUT2D eigenvalue weighted by Crippen LogP contribution is 2.01. The molecule has 0 N–H and O–H groups in total. The van der Waals surface area contributed by atoms with E-state index in [1.165, 1.54) is 23.2 Å². The van der Waals surface area contributed by atoms with Gasteiger partial charge in [-0.05, 0) is 33.9 Å². The molecule has 0 saturated heterocycles. The van der Waals surface area contributed by atoms with Crippen molar-refractivity contribution in [3.63, 3.8) is 0 Å². The molecule has 0 atom stereocenters. The largest absolute Gasteiger partial charge is 0.302 e. The van der Waals surface area contributed by atoms with Crippen LogP contribution >= 0.6 is 0 Å². The molecule has 0 radical (unpaired) electrons. The maximum absolute atomic E-state index is 2.39. The van der Waals surface area contributed by atoms with Crippen LogP contribution in [0.15, 0.2) is 10.8 Å². The summed E-state index contributed by atoms with van der Waals surface area (Å²) < 4.78 is 0. The van der Waals surface area contributed by atoms with Crippen molar-refractivity contribution in [1.82, 2.24) is 4.90 Å². The van der Waals surface area contributed by atoms with Gasteiger partial charge in [0.25, 0.3) is 0 Å². The zero-order valence-electron chi connectivity index (χ0n) is 8.57. The summed E-state index contributed by atoms with van der Waals surface area (Å²) in [6.07, 6.45) is 1.25. The first kappa shape index (κ1) is 10.9. The van der Waals surface area contributed by atoms with E-state index in [1.807, 2.05) is 0 Å². The highest BCUT2D eigenvalue weighted by Gasteiger charge is 1.97. The van der Waals surface area contributed by atoms with E-state index in [2.05, 4.69) is 32.7 Å². The standard InChI is InChI=1S/C9H21NSi/c1-5-6-10(4)7-8(2)9(3)11/h5-7H2,1-4,11H3. The summed E-state index contributed by atoms with van der Waals surface area (Å²) in [5.74, 6) is 0. The Kier molecular flexibility index (Phi) is 5.51. The van der Waals surface area contributed by atoms with E-state index in [0.717, 1.165) is 6.54 Å². The molecule has 0 unspecified atom stereocenters. The van der Waals surface area contributed by atoms with Crippen LogP contribution in [0.5, 0.6) is 0 Å². The van der Waals surface area contributed by atoms with Gasteiger partial charge in [-0.15, -0.1) is 0 Å². The molecule has 0 bridgehead atoms. The molecule has 0 aliphatic heterocycles. The van der Waals surface area contributed by atoms with Crippen LogP contribution < -0.4 is 0 Å². The fourth-order valence-electron chi connectivity index (χ4n) is 1.02. The molecule has 0 aromatic rings. The third-order valence-corrected chi connectivity index (χ3v) is 2.82. The average Bonchev–Trinajstić information content (AvgIpc) is 1.87. The molecule has 11 heavy (non-hydrogen) atoms. The summed E-state index contributed by atoms with van der Waals surface area (Å²) in [7, 11) is 3.41. The quantitative estimate of drug-likeness (QED) is 0.570. The lowest BCUT2D eigenvalue weighted by Crippen LogP contribution is -2.21. The number of rotatable bonds is 4. The number of likely N-dealkylation sites (N-methyl/N-ethyl adjacent to an activating group) is 1. The molecular weight excluding hydrogens is 150 g/mol. The summed E-state index contributed by atoms with van der Waals surface area (Å²) in [6, 6.07) is 0. The summed E-state index contributed by atoms with van der Waals surface area (Å²) in [4.78, 5) is 2.39. The maximum atomic E-state index is 2.39. The van der Waals surface area contributed by atoms with E-state index < -0.39 is 0 Å². The van der Waals surface area contributed by atoms with E-state index in [9.17, 15) is 0 Å². The lowest BCUT2D eigenvalue weighted by molar-refractivity contribution is 0.362. The molecule has 0 aromatic heterocycles. The van der Waals surface area contributed by atoms with E-state index in [4.69, 9.17) is 0 Å². The Morgan fingerprint density at radius 2 is 1.91 bits per heavy atom. The van der Waals surface area contributed by atoms with Crippen molar-refractivity contribution in [2.75, 3.05) is 20.1 Å². The van der Waals surface area contributed by atoms with Crippen molar-refractivity contribution in [1.29, 1.82) is 0 Å². The number of hydrogen-bond acceptors (Lipinski definition) is 1. The van der Waals surface area contributed by atoms with Gasteiger partial charge in [0.2, 0.25) is 0 Å². The molecule has 0 saturated carbocycles. The van der Waals surface area contributed by atoms with Crippen molar-refractivity contribution in [2.45, 2.75) is 27.2 Å². The SMILES string of the molecule is CCCN(C)CC(C)=C(C)[SiH3]. The second-order valence-corrected chi connectivity index (χ2v) is 5.02. The zero-order valence-corrected chi connectivity index (χ0v) is 10.6. The van der Waals surface area contributed by atoms with Gasteiger partial charge in [0.15, 0.2) is 0 Å². The maximum Gasteiger partial charge on any atom is 0.0329 e. The summed E-state index contributed by atoms with van der Waals surface area (Å²) >= 11 is 0. The van der Waals surface area contributed by atoms with Gasteiger partial charge in [-0.3, -0.25) is 0 Å². The first-order chi connectivity index (χ1) is 5.07. The molecule has 0 rings (SSSR count). The van der Waals surface area contributed by atoms with Crippen molar-refractivity contribution < 1.29 is 0 Å². The van der Waals surface area contributed by atoms with E-state index in [1.54, 1.807) is 10.8 Å². The lowest BCUT2D eigenvalue weighted by Gasteiger charge is -2.16. The summed E-state index contributed by atoms with van der Waals surface area (Å²) in [5, 5.41) is 1.59. The number of hydrogen-bond donors (Lipinski definition) is 0. The van der Waals surface area contributed by atoms with Crippen molar-refractivity contribution in [3.05, 3.63) is 10.8 Å². The molecule has 0 aliphatic carbocycles. The minimum atomic E-state index is 1.16. The second kappa shape index (κ2) is 5.55. The van der Waals surface area contributed by atoms with Gasteiger partial charge >= 0.3 is 0 Å². The van der Waals surface area contributed by atoms with Gasteiger partial charge in [0.1, 0.15) is 0 Å². The summed E-state index contributed by atoms with van der Waals surface area (Å²) in [6.45, 7) is 9.08. The van der Waals surface area contributed by atoms with Gasteiger partial charge < -0.3 is 4.90 Å². The van der Waals surface area contributed by atoms with Crippen LogP contribution in [0.4, 0.5) is 0 Å². The van der Waals surface area contributed by atoms with Crippen molar-refractivity contribution in [2.24, 2.45) is 0 Å². The topological polar surface area (TPSA) is 3.24 Å². The molecule has 1 nitrogen and oxygen atoms in total. The Morgan fingerprint density at radius 3 is 2.27 bits per heavy atom. The summed E-state index contributed by atoms with van der Waals surface area (Å²) in [5.41, 5.74) is 1.56. The fraction of sp³-hybridized carbons (Fsp3) is 0.778. The predicted molar refractivity (Wildman–Crippen MR) is 56.1 cm³/mol. The highest BCUT2D eigenvalue weighted by molar-refractivity contribution is 6.21. The minimum absolute atomic E-state index is 1.16.